The second kappa shape index (κ2) is 7.60. The van der Waals surface area contributed by atoms with Crippen molar-refractivity contribution in [2.24, 2.45) is 7.05 Å². The van der Waals surface area contributed by atoms with Gasteiger partial charge in [0.05, 0.1) is 25.1 Å². The molecule has 2 aliphatic rings. The van der Waals surface area contributed by atoms with Crippen LogP contribution in [0.2, 0.25) is 0 Å². The quantitative estimate of drug-likeness (QED) is 0.716. The maximum atomic E-state index is 5.45. The third-order valence-corrected chi connectivity index (χ3v) is 5.33. The number of nitrogens with one attached hydrogen (secondary N) is 2. The molecule has 0 atom stereocenters. The minimum absolute atomic E-state index is 0.750. The van der Waals surface area contributed by atoms with Gasteiger partial charge in [0.2, 0.25) is 0 Å². The molecule has 0 bridgehead atoms. The normalized spacial score (nSPS) is 15.7. The number of benzene rings is 1. The first-order chi connectivity index (χ1) is 14.3. The van der Waals surface area contributed by atoms with Gasteiger partial charge in [0, 0.05) is 55.4 Å². The molecule has 2 aromatic heterocycles. The topological polar surface area (TPSA) is 67.2 Å². The molecule has 29 heavy (non-hydrogen) atoms. The van der Waals surface area contributed by atoms with Crippen LogP contribution >= 0.6 is 0 Å². The van der Waals surface area contributed by atoms with Gasteiger partial charge in [0.15, 0.2) is 0 Å². The number of aromatic nitrogens is 3. The zero-order valence-corrected chi connectivity index (χ0v) is 16.4. The van der Waals surface area contributed by atoms with E-state index in [1.807, 2.05) is 25.6 Å². The maximum absolute atomic E-state index is 5.45. The lowest BCUT2D eigenvalue weighted by atomic mass is 10.0. The Balaban J connectivity index is 1.45. The third-order valence-electron chi connectivity index (χ3n) is 5.33. The van der Waals surface area contributed by atoms with Gasteiger partial charge in [-0.25, -0.2) is 4.98 Å². The molecule has 0 unspecified atom stereocenters. The number of fused-ring (bicyclic) bond motifs is 1. The Kier molecular flexibility index (Phi) is 4.65. The molecule has 1 fully saturated rings. The van der Waals surface area contributed by atoms with Gasteiger partial charge in [-0.3, -0.25) is 4.68 Å². The zero-order valence-electron chi connectivity index (χ0n) is 16.4. The monoisotopic (exact) mass is 388 g/mol. The predicted molar refractivity (Wildman–Crippen MR) is 115 cm³/mol. The number of ether oxygens (including phenoxy) is 1. The molecule has 4 heterocycles. The average Bonchev–Trinajstić information content (AvgIpc) is 3.21. The third kappa shape index (κ3) is 3.69. The number of pyridine rings is 1. The highest BCUT2D eigenvalue weighted by Crippen LogP contribution is 2.30. The summed E-state index contributed by atoms with van der Waals surface area (Å²) >= 11 is 0. The van der Waals surface area contributed by atoms with E-state index in [0.29, 0.717) is 0 Å². The van der Waals surface area contributed by atoms with Gasteiger partial charge in [0.25, 0.3) is 0 Å². The molecule has 2 N–H and O–H groups in total. The maximum Gasteiger partial charge on any atom is 0.136 e. The van der Waals surface area contributed by atoms with E-state index in [4.69, 9.17) is 9.72 Å². The van der Waals surface area contributed by atoms with Crippen LogP contribution in [0.25, 0.3) is 17.3 Å². The fourth-order valence-electron chi connectivity index (χ4n) is 3.75. The molecule has 0 amide bonds. The molecule has 7 nitrogen and oxygen atoms in total. The van der Waals surface area contributed by atoms with Crippen LogP contribution in [0.3, 0.4) is 0 Å². The molecule has 0 saturated carbocycles. The number of hydrogen-bond donors (Lipinski definition) is 2. The Hall–Kier alpha value is -3.32. The highest BCUT2D eigenvalue weighted by Gasteiger charge is 2.16. The van der Waals surface area contributed by atoms with Gasteiger partial charge in [-0.05, 0) is 48.2 Å². The van der Waals surface area contributed by atoms with E-state index < -0.39 is 0 Å². The van der Waals surface area contributed by atoms with Gasteiger partial charge in [-0.1, -0.05) is 0 Å². The SMILES string of the molecule is Cn1cc(-c2cc3c(c(Nc4ccc(N5CCOCC5)cc4)n2)CNC=C3)cn1. The Bertz CT molecular complexity index is 1030. The number of anilines is 3. The molecular weight excluding hydrogens is 364 g/mol. The summed E-state index contributed by atoms with van der Waals surface area (Å²) in [6, 6.07) is 10.7. The summed E-state index contributed by atoms with van der Waals surface area (Å²) in [5.41, 5.74) is 6.50. The molecule has 0 spiro atoms. The smallest absolute Gasteiger partial charge is 0.136 e. The fourth-order valence-corrected chi connectivity index (χ4v) is 3.75. The molecule has 5 rings (SSSR count). The van der Waals surface area contributed by atoms with Crippen LogP contribution < -0.4 is 15.5 Å². The summed E-state index contributed by atoms with van der Waals surface area (Å²) in [5.74, 6) is 0.873. The molecular formula is C22H24N6O. The lowest BCUT2D eigenvalue weighted by Crippen LogP contribution is -2.36. The van der Waals surface area contributed by atoms with Crippen LogP contribution in [0.1, 0.15) is 11.1 Å². The number of hydrogen-bond acceptors (Lipinski definition) is 6. The molecule has 2 aliphatic heterocycles. The molecule has 148 valence electrons. The minimum Gasteiger partial charge on any atom is -0.387 e. The van der Waals surface area contributed by atoms with Crippen molar-refractivity contribution in [3.05, 3.63) is 60.1 Å². The molecule has 0 radical (unpaired) electrons. The molecule has 0 aliphatic carbocycles. The van der Waals surface area contributed by atoms with Crippen molar-refractivity contribution in [2.75, 3.05) is 36.5 Å². The van der Waals surface area contributed by atoms with Gasteiger partial charge >= 0.3 is 0 Å². The van der Waals surface area contributed by atoms with Crippen LogP contribution in [-0.4, -0.2) is 41.1 Å². The molecule has 1 saturated heterocycles. The van der Waals surface area contributed by atoms with E-state index in [1.54, 1.807) is 4.68 Å². The molecule has 3 aromatic rings. The number of nitrogens with zero attached hydrogens (tertiary/aromatic N) is 4. The van der Waals surface area contributed by atoms with Crippen LogP contribution in [-0.2, 0) is 18.3 Å². The van der Waals surface area contributed by atoms with E-state index in [-0.39, 0.29) is 0 Å². The minimum atomic E-state index is 0.750. The summed E-state index contributed by atoms with van der Waals surface area (Å²) in [5, 5.41) is 11.1. The lowest BCUT2D eigenvalue weighted by Gasteiger charge is -2.29. The van der Waals surface area contributed by atoms with Crippen molar-refractivity contribution in [1.29, 1.82) is 0 Å². The molecule has 1 aromatic carbocycles. The second-order valence-corrected chi connectivity index (χ2v) is 7.31. The van der Waals surface area contributed by atoms with Crippen LogP contribution in [0.4, 0.5) is 17.2 Å². The largest absolute Gasteiger partial charge is 0.387 e. The number of morpholine rings is 1. The summed E-state index contributed by atoms with van der Waals surface area (Å²) < 4.78 is 7.24. The van der Waals surface area contributed by atoms with Crippen LogP contribution in [0.15, 0.2) is 48.9 Å². The number of rotatable bonds is 4. The first-order valence-corrected chi connectivity index (χ1v) is 9.89. The Morgan fingerprint density at radius 1 is 1.14 bits per heavy atom. The van der Waals surface area contributed by atoms with Gasteiger partial charge in [0.1, 0.15) is 5.82 Å². The summed E-state index contributed by atoms with van der Waals surface area (Å²) in [6.07, 6.45) is 7.91. The average molecular weight is 388 g/mol. The van der Waals surface area contributed by atoms with Crippen molar-refractivity contribution < 1.29 is 4.74 Å². The van der Waals surface area contributed by atoms with Crippen molar-refractivity contribution in [3.63, 3.8) is 0 Å². The predicted octanol–water partition coefficient (Wildman–Crippen LogP) is 3.14. The van der Waals surface area contributed by atoms with Crippen molar-refractivity contribution in [1.82, 2.24) is 20.1 Å². The second-order valence-electron chi connectivity index (χ2n) is 7.31. The summed E-state index contributed by atoms with van der Waals surface area (Å²) in [4.78, 5) is 7.26. The Labute approximate surface area is 170 Å². The molecule has 7 heteroatoms. The van der Waals surface area contributed by atoms with Crippen molar-refractivity contribution >= 4 is 23.3 Å². The van der Waals surface area contributed by atoms with Crippen LogP contribution in [0.5, 0.6) is 0 Å². The summed E-state index contributed by atoms with van der Waals surface area (Å²) in [6.45, 7) is 4.20. The lowest BCUT2D eigenvalue weighted by molar-refractivity contribution is 0.122. The van der Waals surface area contributed by atoms with Crippen molar-refractivity contribution in [2.45, 2.75) is 6.54 Å². The number of aryl methyl sites for hydroxylation is 1. The Morgan fingerprint density at radius 3 is 2.72 bits per heavy atom. The fraction of sp³-hybridized carbons (Fsp3) is 0.273. The standard InChI is InChI=1S/C22H24N6O/c1-27-15-17(13-24-27)21-12-16-6-7-23-14-20(16)22(26-21)25-18-2-4-19(5-3-18)28-8-10-29-11-9-28/h2-7,12-13,15,23H,8-11,14H2,1H3,(H,25,26). The van der Waals surface area contributed by atoms with Gasteiger partial charge in [-0.15, -0.1) is 0 Å². The first kappa shape index (κ1) is 17.8. The van der Waals surface area contributed by atoms with Gasteiger partial charge < -0.3 is 20.3 Å². The van der Waals surface area contributed by atoms with Gasteiger partial charge in [-0.2, -0.15) is 5.10 Å². The van der Waals surface area contributed by atoms with E-state index in [9.17, 15) is 0 Å². The first-order valence-electron chi connectivity index (χ1n) is 9.89. The highest BCUT2D eigenvalue weighted by atomic mass is 16.5. The highest BCUT2D eigenvalue weighted by molar-refractivity contribution is 5.74. The summed E-state index contributed by atoms with van der Waals surface area (Å²) in [7, 11) is 1.92. The van der Waals surface area contributed by atoms with Crippen molar-refractivity contribution in [3.8, 4) is 11.3 Å². The van der Waals surface area contributed by atoms with E-state index in [0.717, 1.165) is 61.2 Å². The van der Waals surface area contributed by atoms with E-state index >= 15 is 0 Å². The Morgan fingerprint density at radius 2 is 1.97 bits per heavy atom. The van der Waals surface area contributed by atoms with Crippen LogP contribution in [0, 0.1) is 0 Å². The van der Waals surface area contributed by atoms with E-state index in [2.05, 4.69) is 57.0 Å². The van der Waals surface area contributed by atoms with E-state index in [1.165, 1.54) is 11.3 Å². The zero-order chi connectivity index (χ0) is 19.6.